The van der Waals surface area contributed by atoms with Gasteiger partial charge in [-0.15, -0.1) is 0 Å². The van der Waals surface area contributed by atoms with Gasteiger partial charge in [-0.05, 0) is 45.8 Å². The van der Waals surface area contributed by atoms with Crippen LogP contribution in [0, 0.1) is 0 Å². The summed E-state index contributed by atoms with van der Waals surface area (Å²) < 4.78 is 13.8. The quantitative estimate of drug-likeness (QED) is 0.345. The van der Waals surface area contributed by atoms with Crippen LogP contribution in [-0.4, -0.2) is 4.98 Å². The number of fused-ring (bicyclic) bond motifs is 1. The molecule has 0 aliphatic carbocycles. The van der Waals surface area contributed by atoms with Crippen LogP contribution in [0.15, 0.2) is 80.1 Å². The van der Waals surface area contributed by atoms with Gasteiger partial charge in [0.05, 0.1) is 10.0 Å². The summed E-state index contributed by atoms with van der Waals surface area (Å²) in [6, 6.07) is 21.7. The number of aromatic nitrogens is 1. The second-order valence-electron chi connectivity index (χ2n) is 5.53. The molecule has 0 aliphatic heterocycles. The van der Waals surface area contributed by atoms with Crippen molar-refractivity contribution >= 4 is 43.0 Å². The lowest BCUT2D eigenvalue weighted by Crippen LogP contribution is -1.98. The van der Waals surface area contributed by atoms with E-state index in [-0.39, 0.29) is 0 Å². The van der Waals surface area contributed by atoms with Gasteiger partial charge in [0, 0.05) is 4.47 Å². The number of ether oxygens (including phenoxy) is 1. The zero-order chi connectivity index (χ0) is 17.2. The molecule has 4 aromatic rings. The van der Waals surface area contributed by atoms with Gasteiger partial charge in [-0.2, -0.15) is 0 Å². The SMILES string of the molecule is Brc1cc(Br)c(OCc2ccccc2)c(-c2nc3ccccc3o2)c1. The molecular weight excluding hydrogens is 446 g/mol. The molecule has 0 spiro atoms. The van der Waals surface area contributed by atoms with Crippen molar-refractivity contribution in [3.05, 3.63) is 81.2 Å². The monoisotopic (exact) mass is 457 g/mol. The van der Waals surface area contributed by atoms with Crippen LogP contribution < -0.4 is 4.74 Å². The molecule has 1 aromatic heterocycles. The molecule has 3 nitrogen and oxygen atoms in total. The Hall–Kier alpha value is -2.11. The Kier molecular flexibility index (Phi) is 4.59. The van der Waals surface area contributed by atoms with Crippen molar-refractivity contribution in [1.82, 2.24) is 4.98 Å². The Bertz CT molecular complexity index is 995. The second-order valence-corrected chi connectivity index (χ2v) is 7.30. The van der Waals surface area contributed by atoms with Crippen LogP contribution in [0.1, 0.15) is 5.56 Å². The maximum Gasteiger partial charge on any atom is 0.231 e. The van der Waals surface area contributed by atoms with Gasteiger partial charge in [0.2, 0.25) is 5.89 Å². The first-order valence-electron chi connectivity index (χ1n) is 7.72. The average Bonchev–Trinajstić information content (AvgIpc) is 3.05. The molecule has 0 fully saturated rings. The van der Waals surface area contributed by atoms with Crippen molar-refractivity contribution in [1.29, 1.82) is 0 Å². The summed E-state index contributed by atoms with van der Waals surface area (Å²) in [5.74, 6) is 1.24. The van der Waals surface area contributed by atoms with E-state index < -0.39 is 0 Å². The van der Waals surface area contributed by atoms with E-state index in [4.69, 9.17) is 9.15 Å². The Labute approximate surface area is 161 Å². The fraction of sp³-hybridized carbons (Fsp3) is 0.0500. The van der Waals surface area contributed by atoms with E-state index >= 15 is 0 Å². The molecule has 0 unspecified atom stereocenters. The molecule has 0 N–H and O–H groups in total. The molecule has 0 saturated carbocycles. The van der Waals surface area contributed by atoms with Gasteiger partial charge in [-0.25, -0.2) is 4.98 Å². The second kappa shape index (κ2) is 7.02. The molecular formula is C20H13Br2NO2. The van der Waals surface area contributed by atoms with Crippen molar-refractivity contribution in [2.24, 2.45) is 0 Å². The van der Waals surface area contributed by atoms with Crippen LogP contribution in [0.2, 0.25) is 0 Å². The lowest BCUT2D eigenvalue weighted by molar-refractivity contribution is 0.305. The molecule has 0 amide bonds. The normalized spacial score (nSPS) is 11.0. The number of rotatable bonds is 4. The van der Waals surface area contributed by atoms with Crippen LogP contribution in [0.4, 0.5) is 0 Å². The first-order valence-corrected chi connectivity index (χ1v) is 9.31. The van der Waals surface area contributed by atoms with E-state index in [2.05, 4.69) is 36.8 Å². The number of halogens is 2. The van der Waals surface area contributed by atoms with Gasteiger partial charge in [0.1, 0.15) is 17.9 Å². The molecule has 5 heteroatoms. The Balaban J connectivity index is 1.75. The summed E-state index contributed by atoms with van der Waals surface area (Å²) in [4.78, 5) is 4.59. The molecule has 4 rings (SSSR count). The maximum atomic E-state index is 6.09. The number of nitrogens with zero attached hydrogens (tertiary/aromatic N) is 1. The lowest BCUT2D eigenvalue weighted by Gasteiger charge is -2.12. The van der Waals surface area contributed by atoms with E-state index in [1.165, 1.54) is 0 Å². The summed E-state index contributed by atoms with van der Waals surface area (Å²) in [5, 5.41) is 0. The molecule has 25 heavy (non-hydrogen) atoms. The summed E-state index contributed by atoms with van der Waals surface area (Å²) >= 11 is 7.12. The third-order valence-electron chi connectivity index (χ3n) is 3.76. The van der Waals surface area contributed by atoms with Crippen molar-refractivity contribution in [2.75, 3.05) is 0 Å². The molecule has 0 atom stereocenters. The van der Waals surface area contributed by atoms with Crippen molar-refractivity contribution < 1.29 is 9.15 Å². The highest BCUT2D eigenvalue weighted by atomic mass is 79.9. The zero-order valence-electron chi connectivity index (χ0n) is 13.1. The van der Waals surface area contributed by atoms with Crippen LogP contribution >= 0.6 is 31.9 Å². The Morgan fingerprint density at radius 2 is 1.68 bits per heavy atom. The molecule has 1 heterocycles. The molecule has 0 saturated heterocycles. The molecule has 0 aliphatic rings. The molecule has 0 bridgehead atoms. The van der Waals surface area contributed by atoms with E-state index in [0.717, 1.165) is 31.2 Å². The number of hydrogen-bond acceptors (Lipinski definition) is 3. The molecule has 3 aromatic carbocycles. The van der Waals surface area contributed by atoms with Gasteiger partial charge >= 0.3 is 0 Å². The van der Waals surface area contributed by atoms with Gasteiger partial charge < -0.3 is 9.15 Å². The smallest absolute Gasteiger partial charge is 0.231 e. The van der Waals surface area contributed by atoms with Gasteiger partial charge in [0.25, 0.3) is 0 Å². The Morgan fingerprint density at radius 3 is 2.48 bits per heavy atom. The molecule has 124 valence electrons. The molecule has 0 radical (unpaired) electrons. The van der Waals surface area contributed by atoms with Crippen LogP contribution in [0.5, 0.6) is 5.75 Å². The minimum absolute atomic E-state index is 0.467. The van der Waals surface area contributed by atoms with Crippen LogP contribution in [0.3, 0.4) is 0 Å². The highest BCUT2D eigenvalue weighted by Crippen LogP contribution is 2.40. The van der Waals surface area contributed by atoms with Crippen molar-refractivity contribution in [3.8, 4) is 17.2 Å². The first kappa shape index (κ1) is 16.4. The average molecular weight is 459 g/mol. The third-order valence-corrected chi connectivity index (χ3v) is 4.81. The predicted molar refractivity (Wildman–Crippen MR) is 106 cm³/mol. The number of para-hydroxylation sites is 2. The van der Waals surface area contributed by atoms with Gasteiger partial charge in [-0.3, -0.25) is 0 Å². The number of benzene rings is 3. The summed E-state index contributed by atoms with van der Waals surface area (Å²) in [6.45, 7) is 0.467. The van der Waals surface area contributed by atoms with Crippen LogP contribution in [-0.2, 0) is 6.61 Å². The zero-order valence-corrected chi connectivity index (χ0v) is 16.2. The minimum Gasteiger partial charge on any atom is -0.487 e. The topological polar surface area (TPSA) is 35.3 Å². The number of hydrogen-bond donors (Lipinski definition) is 0. The fourth-order valence-corrected chi connectivity index (χ4v) is 3.92. The minimum atomic E-state index is 0.467. The Morgan fingerprint density at radius 1 is 0.920 bits per heavy atom. The van der Waals surface area contributed by atoms with Crippen molar-refractivity contribution in [2.45, 2.75) is 6.61 Å². The first-order chi connectivity index (χ1) is 12.2. The van der Waals surface area contributed by atoms with E-state index in [1.54, 1.807) is 0 Å². The van der Waals surface area contributed by atoms with E-state index in [1.807, 2.05) is 66.7 Å². The van der Waals surface area contributed by atoms with Gasteiger partial charge in [0.15, 0.2) is 5.58 Å². The summed E-state index contributed by atoms with van der Waals surface area (Å²) in [7, 11) is 0. The van der Waals surface area contributed by atoms with Crippen molar-refractivity contribution in [3.63, 3.8) is 0 Å². The summed E-state index contributed by atoms with van der Waals surface area (Å²) in [6.07, 6.45) is 0. The predicted octanol–water partition coefficient (Wildman–Crippen LogP) is 6.60. The van der Waals surface area contributed by atoms with Crippen LogP contribution in [0.25, 0.3) is 22.6 Å². The lowest BCUT2D eigenvalue weighted by atomic mass is 10.2. The third kappa shape index (κ3) is 3.48. The van der Waals surface area contributed by atoms with E-state index in [0.29, 0.717) is 18.2 Å². The summed E-state index contributed by atoms with van der Waals surface area (Å²) in [5.41, 5.74) is 3.47. The van der Waals surface area contributed by atoms with E-state index in [9.17, 15) is 0 Å². The highest BCUT2D eigenvalue weighted by Gasteiger charge is 2.17. The highest BCUT2D eigenvalue weighted by molar-refractivity contribution is 9.11. The maximum absolute atomic E-state index is 6.09. The number of oxazole rings is 1. The largest absolute Gasteiger partial charge is 0.487 e. The standard InChI is InChI=1S/C20H13Br2NO2/c21-14-10-15(20-23-17-8-4-5-9-18(17)25-20)19(16(22)11-14)24-12-13-6-2-1-3-7-13/h1-11H,12H2. The van der Waals surface area contributed by atoms with Gasteiger partial charge in [-0.1, -0.05) is 58.4 Å². The fourth-order valence-electron chi connectivity index (χ4n) is 2.58.